The maximum absolute atomic E-state index is 11.1. The summed E-state index contributed by atoms with van der Waals surface area (Å²) in [7, 11) is 1.46. The van der Waals surface area contributed by atoms with Crippen LogP contribution in [0.1, 0.15) is 11.1 Å². The minimum absolute atomic E-state index is 0.0439. The first-order valence-electron chi connectivity index (χ1n) is 5.00. The molecule has 0 saturated heterocycles. The number of oxime groups is 1. The van der Waals surface area contributed by atoms with E-state index in [-0.39, 0.29) is 18.3 Å². The second-order valence-electron chi connectivity index (χ2n) is 3.39. The van der Waals surface area contributed by atoms with Gasteiger partial charge in [0, 0.05) is 19.2 Å². The van der Waals surface area contributed by atoms with Crippen molar-refractivity contribution in [3.05, 3.63) is 35.4 Å². The average Bonchev–Trinajstić information content (AvgIpc) is 2.36. The number of carbonyl (C=O) groups is 1. The van der Waals surface area contributed by atoms with Crippen molar-refractivity contribution in [2.45, 2.75) is 6.54 Å². The lowest BCUT2D eigenvalue weighted by molar-refractivity contribution is -0.124. The highest BCUT2D eigenvalue weighted by molar-refractivity contribution is 5.96. The predicted molar refractivity (Wildman–Crippen MR) is 62.7 cm³/mol. The monoisotopic (exact) mass is 237 g/mol. The lowest BCUT2D eigenvalue weighted by atomic mass is 10.1. The molecule has 1 rings (SSSR count). The zero-order valence-electron chi connectivity index (χ0n) is 9.51. The number of hydrogen-bond donors (Lipinski definition) is 3. The standard InChI is InChI=1S/C11H15N3O3/c1-17-7-10(15)13-6-8-2-4-9(5-3-8)11(12)14-16/h2-5,16H,6-7H2,1H3,(H2,12,14)(H,13,15). The van der Waals surface area contributed by atoms with Crippen LogP contribution in [0.4, 0.5) is 0 Å². The van der Waals surface area contributed by atoms with Gasteiger partial charge in [-0.25, -0.2) is 0 Å². The number of nitrogens with zero attached hydrogens (tertiary/aromatic N) is 1. The van der Waals surface area contributed by atoms with E-state index < -0.39 is 0 Å². The summed E-state index contributed by atoms with van der Waals surface area (Å²) in [6.45, 7) is 0.459. The number of ether oxygens (including phenoxy) is 1. The Balaban J connectivity index is 2.54. The molecule has 0 aliphatic carbocycles. The number of rotatable bonds is 5. The number of benzene rings is 1. The minimum atomic E-state index is -0.173. The molecule has 1 aromatic rings. The van der Waals surface area contributed by atoms with E-state index >= 15 is 0 Å². The van der Waals surface area contributed by atoms with Gasteiger partial charge < -0.3 is 21.0 Å². The number of nitrogens with two attached hydrogens (primary N) is 1. The van der Waals surface area contributed by atoms with Gasteiger partial charge >= 0.3 is 0 Å². The molecule has 6 heteroatoms. The Hall–Kier alpha value is -2.08. The summed E-state index contributed by atoms with van der Waals surface area (Å²) in [5.41, 5.74) is 6.96. The molecule has 0 bridgehead atoms. The van der Waals surface area contributed by atoms with Gasteiger partial charge in [0.2, 0.25) is 5.91 Å². The number of amidine groups is 1. The molecule has 0 unspecified atom stereocenters. The van der Waals surface area contributed by atoms with Crippen molar-refractivity contribution in [3.8, 4) is 0 Å². The summed E-state index contributed by atoms with van der Waals surface area (Å²) in [6.07, 6.45) is 0. The van der Waals surface area contributed by atoms with Crippen molar-refractivity contribution < 1.29 is 14.7 Å². The zero-order valence-corrected chi connectivity index (χ0v) is 9.51. The van der Waals surface area contributed by atoms with Gasteiger partial charge in [0.15, 0.2) is 5.84 Å². The summed E-state index contributed by atoms with van der Waals surface area (Å²) in [5.74, 6) is -0.118. The Labute approximate surface area is 99.1 Å². The van der Waals surface area contributed by atoms with Gasteiger partial charge in [-0.2, -0.15) is 0 Å². The molecule has 92 valence electrons. The molecule has 1 amide bonds. The number of carbonyl (C=O) groups excluding carboxylic acids is 1. The summed E-state index contributed by atoms with van der Waals surface area (Å²) in [6, 6.07) is 7.01. The molecular formula is C11H15N3O3. The highest BCUT2D eigenvalue weighted by atomic mass is 16.5. The molecule has 0 fully saturated rings. The molecule has 0 aliphatic rings. The first-order chi connectivity index (χ1) is 8.17. The molecule has 0 aromatic heterocycles. The number of methoxy groups -OCH3 is 1. The quantitative estimate of drug-likeness (QED) is 0.291. The van der Waals surface area contributed by atoms with Crippen LogP contribution in [-0.2, 0) is 16.1 Å². The minimum Gasteiger partial charge on any atom is -0.409 e. The van der Waals surface area contributed by atoms with Gasteiger partial charge in [0.25, 0.3) is 0 Å². The van der Waals surface area contributed by atoms with Crippen molar-refractivity contribution >= 4 is 11.7 Å². The smallest absolute Gasteiger partial charge is 0.246 e. The molecule has 1 aromatic carbocycles. The number of hydrogen-bond acceptors (Lipinski definition) is 4. The second-order valence-corrected chi connectivity index (χ2v) is 3.39. The fourth-order valence-corrected chi connectivity index (χ4v) is 1.23. The SMILES string of the molecule is COCC(=O)NCc1ccc(C(N)=NO)cc1. The van der Waals surface area contributed by atoms with Crippen molar-refractivity contribution in [3.63, 3.8) is 0 Å². The predicted octanol–water partition coefficient (Wildman–Crippen LogP) is 0.0437. The van der Waals surface area contributed by atoms with E-state index in [0.29, 0.717) is 12.1 Å². The first kappa shape index (κ1) is 13.0. The van der Waals surface area contributed by atoms with E-state index in [4.69, 9.17) is 10.9 Å². The Bertz CT molecular complexity index is 401. The van der Waals surface area contributed by atoms with Crippen LogP contribution in [-0.4, -0.2) is 30.7 Å². The van der Waals surface area contributed by atoms with Crippen molar-refractivity contribution in [2.75, 3.05) is 13.7 Å². The van der Waals surface area contributed by atoms with Gasteiger partial charge in [0.05, 0.1) is 0 Å². The van der Waals surface area contributed by atoms with Crippen molar-refractivity contribution in [1.82, 2.24) is 5.32 Å². The van der Waals surface area contributed by atoms with Crippen molar-refractivity contribution in [1.29, 1.82) is 0 Å². The van der Waals surface area contributed by atoms with Gasteiger partial charge in [-0.15, -0.1) is 0 Å². The van der Waals surface area contributed by atoms with Crippen LogP contribution in [0.2, 0.25) is 0 Å². The zero-order chi connectivity index (χ0) is 12.7. The molecular weight excluding hydrogens is 222 g/mol. The third-order valence-corrected chi connectivity index (χ3v) is 2.12. The number of amides is 1. The fourth-order valence-electron chi connectivity index (χ4n) is 1.23. The van der Waals surface area contributed by atoms with Crippen molar-refractivity contribution in [2.24, 2.45) is 10.9 Å². The number of nitrogens with one attached hydrogen (secondary N) is 1. The Morgan fingerprint density at radius 2 is 2.12 bits per heavy atom. The Morgan fingerprint density at radius 3 is 2.65 bits per heavy atom. The molecule has 17 heavy (non-hydrogen) atoms. The van der Waals surface area contributed by atoms with Gasteiger partial charge in [-0.3, -0.25) is 4.79 Å². The van der Waals surface area contributed by atoms with Crippen LogP contribution in [0.3, 0.4) is 0 Å². The highest BCUT2D eigenvalue weighted by Crippen LogP contribution is 2.03. The fraction of sp³-hybridized carbons (Fsp3) is 0.273. The molecule has 0 aliphatic heterocycles. The molecule has 0 radical (unpaired) electrons. The summed E-state index contributed by atoms with van der Waals surface area (Å²) in [4.78, 5) is 11.1. The molecule has 6 nitrogen and oxygen atoms in total. The third-order valence-electron chi connectivity index (χ3n) is 2.12. The van der Waals surface area contributed by atoms with E-state index in [1.54, 1.807) is 24.3 Å². The van der Waals surface area contributed by atoms with Crippen LogP contribution in [0.25, 0.3) is 0 Å². The van der Waals surface area contributed by atoms with E-state index in [2.05, 4.69) is 15.2 Å². The largest absolute Gasteiger partial charge is 0.409 e. The van der Waals surface area contributed by atoms with Crippen LogP contribution >= 0.6 is 0 Å². The molecule has 4 N–H and O–H groups in total. The lowest BCUT2D eigenvalue weighted by Crippen LogP contribution is -2.26. The maximum Gasteiger partial charge on any atom is 0.246 e. The van der Waals surface area contributed by atoms with Crippen LogP contribution in [0.5, 0.6) is 0 Å². The molecule has 0 atom stereocenters. The topological polar surface area (TPSA) is 96.9 Å². The van der Waals surface area contributed by atoms with Crippen LogP contribution < -0.4 is 11.1 Å². The highest BCUT2D eigenvalue weighted by Gasteiger charge is 2.01. The molecule has 0 saturated carbocycles. The van der Waals surface area contributed by atoms with E-state index in [0.717, 1.165) is 5.56 Å². The van der Waals surface area contributed by atoms with Gasteiger partial charge in [-0.05, 0) is 5.56 Å². The summed E-state index contributed by atoms with van der Waals surface area (Å²) in [5, 5.41) is 14.1. The normalized spacial score (nSPS) is 11.2. The van der Waals surface area contributed by atoms with Gasteiger partial charge in [0.1, 0.15) is 6.61 Å². The molecule has 0 spiro atoms. The van der Waals surface area contributed by atoms with E-state index in [1.807, 2.05) is 0 Å². The average molecular weight is 237 g/mol. The van der Waals surface area contributed by atoms with E-state index in [9.17, 15) is 4.79 Å². The Kier molecular flexibility index (Phi) is 4.96. The maximum atomic E-state index is 11.1. The Morgan fingerprint density at radius 1 is 1.47 bits per heavy atom. The second kappa shape index (κ2) is 6.49. The van der Waals surface area contributed by atoms with Crippen LogP contribution in [0.15, 0.2) is 29.4 Å². The summed E-state index contributed by atoms with van der Waals surface area (Å²) < 4.78 is 4.69. The van der Waals surface area contributed by atoms with Gasteiger partial charge in [-0.1, -0.05) is 29.4 Å². The first-order valence-corrected chi connectivity index (χ1v) is 5.00. The third kappa shape index (κ3) is 4.12. The van der Waals surface area contributed by atoms with Crippen LogP contribution in [0, 0.1) is 0 Å². The summed E-state index contributed by atoms with van der Waals surface area (Å²) >= 11 is 0. The lowest BCUT2D eigenvalue weighted by Gasteiger charge is -2.05. The molecule has 0 heterocycles. The van der Waals surface area contributed by atoms with E-state index in [1.165, 1.54) is 7.11 Å².